The van der Waals surface area contributed by atoms with E-state index >= 15 is 0 Å². The Labute approximate surface area is 236 Å². The van der Waals surface area contributed by atoms with E-state index in [4.69, 9.17) is 34.8 Å². The van der Waals surface area contributed by atoms with Crippen LogP contribution in [0.4, 0.5) is 5.69 Å². The highest BCUT2D eigenvalue weighted by atomic mass is 35.5. The summed E-state index contributed by atoms with van der Waals surface area (Å²) in [6.45, 7) is 0.267. The van der Waals surface area contributed by atoms with Gasteiger partial charge in [-0.2, -0.15) is 0 Å². The van der Waals surface area contributed by atoms with Crippen molar-refractivity contribution in [2.45, 2.75) is 35.4 Å². The van der Waals surface area contributed by atoms with Crippen molar-refractivity contribution >= 4 is 58.2 Å². The topological polar surface area (TPSA) is 66.5 Å². The molecule has 38 heavy (non-hydrogen) atoms. The number of rotatable bonds is 7. The molecule has 0 unspecified atom stereocenters. The Bertz CT molecular complexity index is 1350. The first-order chi connectivity index (χ1) is 18.3. The largest absolute Gasteiger partial charge is 0.325 e. The van der Waals surface area contributed by atoms with Gasteiger partial charge in [0.05, 0.1) is 22.5 Å². The van der Waals surface area contributed by atoms with Crippen molar-refractivity contribution in [1.82, 2.24) is 4.90 Å². The molecule has 4 aliphatic rings. The third-order valence-electron chi connectivity index (χ3n) is 8.11. The third kappa shape index (κ3) is 3.55. The van der Waals surface area contributed by atoms with E-state index in [9.17, 15) is 14.4 Å². The van der Waals surface area contributed by atoms with E-state index in [-0.39, 0.29) is 24.3 Å². The smallest absolute Gasteiger partial charge is 0.235 e. The average Bonchev–Trinajstić information content (AvgIpc) is 3.19. The fourth-order valence-corrected chi connectivity index (χ4v) is 7.73. The van der Waals surface area contributed by atoms with Crippen molar-refractivity contribution in [1.29, 1.82) is 0 Å². The Morgan fingerprint density at radius 3 is 1.71 bits per heavy atom. The molecule has 1 aliphatic heterocycles. The molecule has 3 amide bonds. The number of nitrogens with one attached hydrogen (secondary N) is 1. The first kappa shape index (κ1) is 25.4. The van der Waals surface area contributed by atoms with Crippen LogP contribution in [-0.2, 0) is 24.1 Å². The zero-order chi connectivity index (χ0) is 26.7. The predicted octanol–water partition coefficient (Wildman–Crippen LogP) is 6.43. The molecule has 8 heteroatoms. The number of para-hydroxylation sites is 1. The average molecular weight is 568 g/mol. The van der Waals surface area contributed by atoms with Crippen molar-refractivity contribution in [2.24, 2.45) is 11.8 Å². The number of halogens is 3. The highest BCUT2D eigenvalue weighted by molar-refractivity contribution is 6.36. The summed E-state index contributed by atoms with van der Waals surface area (Å²) in [5, 5.41) is 3.30. The van der Waals surface area contributed by atoms with Gasteiger partial charge in [-0.1, -0.05) is 78.7 Å². The van der Waals surface area contributed by atoms with Crippen LogP contribution in [0.2, 0.25) is 5.02 Å². The van der Waals surface area contributed by atoms with E-state index < -0.39 is 21.6 Å². The second kappa shape index (κ2) is 9.41. The minimum Gasteiger partial charge on any atom is -0.325 e. The van der Waals surface area contributed by atoms with Crippen LogP contribution in [0.25, 0.3) is 0 Å². The first-order valence-corrected chi connectivity index (χ1v) is 13.9. The maximum absolute atomic E-state index is 13.8. The Kier molecular flexibility index (Phi) is 6.29. The Morgan fingerprint density at radius 2 is 1.21 bits per heavy atom. The quantitative estimate of drug-likeness (QED) is 0.203. The van der Waals surface area contributed by atoms with Crippen molar-refractivity contribution < 1.29 is 14.4 Å². The molecule has 194 valence electrons. The molecule has 3 aromatic carbocycles. The summed E-state index contributed by atoms with van der Waals surface area (Å²) in [6, 6.07) is 22.3. The highest BCUT2D eigenvalue weighted by Gasteiger charge is 2.72. The molecule has 2 bridgehead atoms. The monoisotopic (exact) mass is 566 g/mol. The molecule has 5 nitrogen and oxygen atoms in total. The van der Waals surface area contributed by atoms with E-state index in [2.05, 4.69) is 5.32 Å². The number of carbonyl (C=O) groups is 3. The summed E-state index contributed by atoms with van der Waals surface area (Å²) in [7, 11) is 0. The normalized spacial score (nSPS) is 26.7. The molecule has 0 aromatic heterocycles. The van der Waals surface area contributed by atoms with Crippen molar-refractivity contribution in [2.75, 3.05) is 11.9 Å². The third-order valence-corrected chi connectivity index (χ3v) is 9.72. The SMILES string of the molecule is O=C(CCCCCN1C(=O)[C@@H]2[C@H](C1=O)C1(Cl)c3ccccc3C2(Cl)c2ccccc21)Nc1ccccc1Cl. The molecule has 0 saturated carbocycles. The maximum Gasteiger partial charge on any atom is 0.235 e. The fraction of sp³-hybridized carbons (Fsp3) is 0.300. The second-order valence-corrected chi connectivity index (χ2v) is 11.7. The van der Waals surface area contributed by atoms with Gasteiger partial charge in [0.1, 0.15) is 9.75 Å². The molecule has 2 atom stereocenters. The number of amides is 3. The number of benzene rings is 3. The number of unbranched alkanes of at least 4 members (excludes halogenated alkanes) is 2. The van der Waals surface area contributed by atoms with Gasteiger partial charge in [-0.15, -0.1) is 23.2 Å². The number of alkyl halides is 2. The van der Waals surface area contributed by atoms with Crippen LogP contribution in [-0.4, -0.2) is 29.2 Å². The van der Waals surface area contributed by atoms with Crippen LogP contribution in [0.5, 0.6) is 0 Å². The van der Waals surface area contributed by atoms with Crippen molar-refractivity contribution in [3.63, 3.8) is 0 Å². The van der Waals surface area contributed by atoms with Crippen molar-refractivity contribution in [3.8, 4) is 0 Å². The lowest BCUT2D eigenvalue weighted by Crippen LogP contribution is -2.57. The molecule has 3 aromatic rings. The number of likely N-dealkylation sites (tertiary alicyclic amines) is 1. The second-order valence-electron chi connectivity index (χ2n) is 10.1. The van der Waals surface area contributed by atoms with Gasteiger partial charge >= 0.3 is 0 Å². The number of carbonyl (C=O) groups excluding carboxylic acids is 3. The van der Waals surface area contributed by atoms with E-state index in [1.54, 1.807) is 18.2 Å². The summed E-state index contributed by atoms with van der Waals surface area (Å²) in [5.41, 5.74) is 3.76. The Balaban J connectivity index is 1.17. The van der Waals surface area contributed by atoms with Gasteiger partial charge < -0.3 is 5.32 Å². The van der Waals surface area contributed by atoms with Gasteiger partial charge in [0, 0.05) is 13.0 Å². The van der Waals surface area contributed by atoms with Crippen LogP contribution in [0.1, 0.15) is 47.9 Å². The van der Waals surface area contributed by atoms with Crippen LogP contribution in [0.3, 0.4) is 0 Å². The molecule has 1 saturated heterocycles. The maximum atomic E-state index is 13.8. The summed E-state index contributed by atoms with van der Waals surface area (Å²) in [4.78, 5) is 38.9. The van der Waals surface area contributed by atoms with Crippen LogP contribution in [0, 0.1) is 11.8 Å². The lowest BCUT2D eigenvalue weighted by Gasteiger charge is -2.54. The Morgan fingerprint density at radius 1 is 0.737 bits per heavy atom. The van der Waals surface area contributed by atoms with Crippen LogP contribution < -0.4 is 5.32 Å². The molecular weight excluding hydrogens is 543 g/mol. The van der Waals surface area contributed by atoms with E-state index in [1.807, 2.05) is 54.6 Å². The van der Waals surface area contributed by atoms with Gasteiger partial charge in [0.2, 0.25) is 17.7 Å². The summed E-state index contributed by atoms with van der Waals surface area (Å²) in [6.07, 6.45) is 2.20. The van der Waals surface area contributed by atoms with Gasteiger partial charge in [-0.3, -0.25) is 19.3 Å². The zero-order valence-corrected chi connectivity index (χ0v) is 22.7. The molecular formula is C30H25Cl3N2O3. The Hall–Kier alpha value is -2.86. The standard InChI is InChI=1S/C30H25Cl3N2O3/c31-22-14-7-8-15-23(22)34-24(36)16-2-1-9-17-35-27(37)25-26(28(35)38)30(33)19-11-4-3-10-18(19)29(25,32)20-12-5-6-13-21(20)30/h3-8,10-15,25-26H,1-2,9,16-17H2,(H,34,36)/t25-,26+,29?,30?. The van der Waals surface area contributed by atoms with Gasteiger partial charge in [0.15, 0.2) is 0 Å². The lowest BCUT2D eigenvalue weighted by atomic mass is 9.54. The van der Waals surface area contributed by atoms with Gasteiger partial charge in [-0.05, 0) is 47.2 Å². The number of hydrogen-bond acceptors (Lipinski definition) is 3. The number of imide groups is 1. The minimum absolute atomic E-state index is 0.127. The first-order valence-electron chi connectivity index (χ1n) is 12.8. The molecule has 1 fully saturated rings. The fourth-order valence-electron chi connectivity index (χ4n) is 6.45. The zero-order valence-electron chi connectivity index (χ0n) is 20.4. The molecule has 7 rings (SSSR count). The van der Waals surface area contributed by atoms with Gasteiger partial charge in [0.25, 0.3) is 0 Å². The van der Waals surface area contributed by atoms with E-state index in [1.165, 1.54) is 4.90 Å². The molecule has 3 aliphatic carbocycles. The minimum atomic E-state index is -1.16. The predicted molar refractivity (Wildman–Crippen MR) is 148 cm³/mol. The summed E-state index contributed by atoms with van der Waals surface area (Å²) >= 11 is 21.0. The lowest BCUT2D eigenvalue weighted by molar-refractivity contribution is -0.140. The molecule has 0 spiro atoms. The molecule has 1 heterocycles. The molecule has 1 N–H and O–H groups in total. The van der Waals surface area contributed by atoms with E-state index in [0.29, 0.717) is 36.4 Å². The van der Waals surface area contributed by atoms with Crippen molar-refractivity contribution in [3.05, 3.63) is 100 Å². The molecule has 0 radical (unpaired) electrons. The van der Waals surface area contributed by atoms with E-state index in [0.717, 1.165) is 22.3 Å². The van der Waals surface area contributed by atoms with Crippen LogP contribution in [0.15, 0.2) is 72.8 Å². The number of anilines is 1. The number of nitrogens with zero attached hydrogens (tertiary/aromatic N) is 1. The summed E-state index contributed by atoms with van der Waals surface area (Å²) < 4.78 is 0. The number of hydrogen-bond donors (Lipinski definition) is 1. The summed E-state index contributed by atoms with van der Waals surface area (Å²) in [5.74, 6) is -2.24. The highest BCUT2D eigenvalue weighted by Crippen LogP contribution is 2.69. The van der Waals surface area contributed by atoms with Crippen LogP contribution >= 0.6 is 34.8 Å². The van der Waals surface area contributed by atoms with Gasteiger partial charge in [-0.25, -0.2) is 0 Å².